The van der Waals surface area contributed by atoms with E-state index in [9.17, 15) is 22.8 Å². The Hall–Kier alpha value is -5.53. The molecule has 1 aromatic carbocycles. The van der Waals surface area contributed by atoms with E-state index in [1.807, 2.05) is 60.4 Å². The molecule has 0 aliphatic heterocycles. The minimum Gasteiger partial charge on any atom is -0.475 e. The minimum absolute atomic E-state index is 0.0908. The highest BCUT2D eigenvalue weighted by Crippen LogP contribution is 2.40. The predicted octanol–water partition coefficient (Wildman–Crippen LogP) is 4.53. The van der Waals surface area contributed by atoms with Crippen molar-refractivity contribution in [1.29, 1.82) is 0 Å². The quantitative estimate of drug-likeness (QED) is 0.269. The van der Waals surface area contributed by atoms with E-state index in [0.717, 1.165) is 46.3 Å². The number of nitrogens with zero attached hydrogens (tertiary/aromatic N) is 5. The number of rotatable bonds is 5. The fourth-order valence-electron chi connectivity index (χ4n) is 4.45. The fourth-order valence-corrected chi connectivity index (χ4v) is 4.45. The van der Waals surface area contributed by atoms with Crippen molar-refractivity contribution in [2.24, 2.45) is 7.05 Å². The topological polar surface area (TPSA) is 158 Å². The number of halogens is 3. The van der Waals surface area contributed by atoms with E-state index < -0.39 is 18.1 Å². The van der Waals surface area contributed by atoms with Crippen molar-refractivity contribution in [2.45, 2.75) is 24.9 Å². The summed E-state index contributed by atoms with van der Waals surface area (Å²) in [5.41, 5.74) is 9.91. The van der Waals surface area contributed by atoms with Crippen LogP contribution in [0.15, 0.2) is 78.2 Å². The lowest BCUT2D eigenvalue weighted by atomic mass is 10.1. The molecule has 0 unspecified atom stereocenters. The second-order valence-electron chi connectivity index (χ2n) is 9.77. The van der Waals surface area contributed by atoms with Crippen LogP contribution in [0.3, 0.4) is 0 Å². The number of carboxylic acid groups (broad SMARTS) is 1. The average Bonchev–Trinajstić information content (AvgIpc) is 3.77. The van der Waals surface area contributed by atoms with E-state index in [2.05, 4.69) is 20.3 Å². The third-order valence-corrected chi connectivity index (χ3v) is 6.71. The molecular formula is C29H24F3N7O4. The van der Waals surface area contributed by atoms with E-state index in [4.69, 9.17) is 15.6 Å². The Balaban J connectivity index is 0.000000472. The third kappa shape index (κ3) is 6.22. The van der Waals surface area contributed by atoms with Crippen molar-refractivity contribution >= 4 is 34.5 Å². The van der Waals surface area contributed by atoms with Crippen molar-refractivity contribution < 1.29 is 27.9 Å². The average molecular weight is 592 g/mol. The summed E-state index contributed by atoms with van der Waals surface area (Å²) >= 11 is 0. The summed E-state index contributed by atoms with van der Waals surface area (Å²) in [5, 5.41) is 10.7. The van der Waals surface area contributed by atoms with Gasteiger partial charge in [0.25, 0.3) is 11.5 Å². The van der Waals surface area contributed by atoms with Crippen LogP contribution in [0.2, 0.25) is 0 Å². The molecule has 4 aromatic heterocycles. The number of alkyl halides is 3. The van der Waals surface area contributed by atoms with E-state index in [1.165, 1.54) is 6.33 Å². The molecule has 0 atom stereocenters. The number of para-hydroxylation sites is 1. The number of aryl methyl sites for hydroxylation is 1. The first-order valence-electron chi connectivity index (χ1n) is 12.9. The molecule has 1 fully saturated rings. The number of hydrogen-bond donors (Lipinski definition) is 3. The number of nitrogens with two attached hydrogens (primary N) is 1. The molecule has 4 N–H and O–H groups in total. The number of carbonyl (C=O) groups is 2. The Morgan fingerprint density at radius 3 is 2.35 bits per heavy atom. The lowest BCUT2D eigenvalue weighted by molar-refractivity contribution is -0.192. The van der Waals surface area contributed by atoms with Gasteiger partial charge in [-0.3, -0.25) is 14.2 Å². The number of pyridine rings is 2. The Bertz CT molecular complexity index is 1880. The maximum absolute atomic E-state index is 13.2. The second-order valence-corrected chi connectivity index (χ2v) is 9.77. The predicted molar refractivity (Wildman–Crippen MR) is 152 cm³/mol. The van der Waals surface area contributed by atoms with Gasteiger partial charge in [0.1, 0.15) is 29.2 Å². The van der Waals surface area contributed by atoms with Crippen LogP contribution >= 0.6 is 0 Å². The number of anilines is 2. The maximum atomic E-state index is 13.2. The number of amides is 1. The second kappa shape index (κ2) is 11.4. The first-order chi connectivity index (χ1) is 20.4. The molecule has 0 radical (unpaired) electrons. The molecule has 220 valence electrons. The molecule has 0 saturated heterocycles. The molecule has 1 amide bonds. The highest BCUT2D eigenvalue weighted by Gasteiger charge is 2.38. The van der Waals surface area contributed by atoms with Gasteiger partial charge in [0, 0.05) is 42.5 Å². The van der Waals surface area contributed by atoms with E-state index in [-0.39, 0.29) is 11.1 Å². The minimum atomic E-state index is -5.08. The number of aromatic nitrogens is 5. The summed E-state index contributed by atoms with van der Waals surface area (Å²) in [5.74, 6) is -2.14. The van der Waals surface area contributed by atoms with Gasteiger partial charge in [-0.1, -0.05) is 18.2 Å². The zero-order valence-corrected chi connectivity index (χ0v) is 22.5. The molecular weight excluding hydrogens is 567 g/mol. The molecule has 5 aromatic rings. The number of carboxylic acids is 1. The number of nitrogens with one attached hydrogen (secondary N) is 1. The molecule has 4 heterocycles. The largest absolute Gasteiger partial charge is 0.490 e. The Labute approximate surface area is 241 Å². The van der Waals surface area contributed by atoms with E-state index in [1.54, 1.807) is 22.9 Å². The maximum Gasteiger partial charge on any atom is 0.490 e. The number of nitrogen functional groups attached to an aromatic ring is 1. The third-order valence-electron chi connectivity index (χ3n) is 6.71. The Morgan fingerprint density at radius 2 is 1.74 bits per heavy atom. The monoisotopic (exact) mass is 591 g/mol. The number of hydrogen-bond acceptors (Lipinski definition) is 7. The lowest BCUT2D eigenvalue weighted by Crippen LogP contribution is -2.29. The van der Waals surface area contributed by atoms with Gasteiger partial charge in [-0.25, -0.2) is 19.7 Å². The molecule has 1 aliphatic carbocycles. The summed E-state index contributed by atoms with van der Waals surface area (Å²) in [6, 6.07) is 14.6. The van der Waals surface area contributed by atoms with Crippen molar-refractivity contribution in [3.63, 3.8) is 0 Å². The summed E-state index contributed by atoms with van der Waals surface area (Å²) in [7, 11) is 1.89. The Morgan fingerprint density at radius 1 is 1.05 bits per heavy atom. The highest BCUT2D eigenvalue weighted by atomic mass is 19.4. The summed E-state index contributed by atoms with van der Waals surface area (Å²) < 4.78 is 35.2. The number of benzene rings is 1. The molecule has 6 rings (SSSR count). The number of carbonyl (C=O) groups excluding carboxylic acids is 1. The lowest BCUT2D eigenvalue weighted by Gasteiger charge is -2.12. The normalized spacial score (nSPS) is 12.8. The molecule has 0 bridgehead atoms. The summed E-state index contributed by atoms with van der Waals surface area (Å²) in [6.07, 6.45) is 3.88. The number of aliphatic carboxylic acids is 1. The van der Waals surface area contributed by atoms with E-state index in [0.29, 0.717) is 17.6 Å². The molecule has 43 heavy (non-hydrogen) atoms. The summed E-state index contributed by atoms with van der Waals surface area (Å²) in [4.78, 5) is 48.2. The van der Waals surface area contributed by atoms with Crippen LogP contribution in [0.5, 0.6) is 0 Å². The van der Waals surface area contributed by atoms with Gasteiger partial charge in [-0.2, -0.15) is 13.2 Å². The van der Waals surface area contributed by atoms with Gasteiger partial charge in [0.2, 0.25) is 0 Å². The van der Waals surface area contributed by atoms with Gasteiger partial charge in [0.05, 0.1) is 5.39 Å². The zero-order valence-electron chi connectivity index (χ0n) is 22.5. The first-order valence-corrected chi connectivity index (χ1v) is 12.9. The zero-order chi connectivity index (χ0) is 30.9. The van der Waals surface area contributed by atoms with Crippen LogP contribution in [0, 0.1) is 0 Å². The molecule has 1 aliphatic rings. The van der Waals surface area contributed by atoms with Crippen LogP contribution in [0.25, 0.3) is 27.8 Å². The van der Waals surface area contributed by atoms with Crippen LogP contribution in [0.4, 0.5) is 24.8 Å². The van der Waals surface area contributed by atoms with Gasteiger partial charge >= 0.3 is 12.1 Å². The van der Waals surface area contributed by atoms with Crippen molar-refractivity contribution in [3.05, 3.63) is 94.9 Å². The van der Waals surface area contributed by atoms with Gasteiger partial charge in [-0.05, 0) is 54.7 Å². The fraction of sp³-hybridized carbons (Fsp3) is 0.172. The van der Waals surface area contributed by atoms with Crippen LogP contribution in [-0.2, 0) is 11.8 Å². The van der Waals surface area contributed by atoms with Crippen molar-refractivity contribution in [1.82, 2.24) is 24.1 Å². The van der Waals surface area contributed by atoms with Gasteiger partial charge < -0.3 is 20.7 Å². The SMILES string of the molecule is Cn1cc(-c2ccc(NC(=O)c3cc(C4CC4)cn(-c4ccccc4)c3=O)nc2)c2c(N)ncnc21.O=C(O)C(F)(F)F. The van der Waals surface area contributed by atoms with Crippen molar-refractivity contribution in [2.75, 3.05) is 11.1 Å². The van der Waals surface area contributed by atoms with Crippen LogP contribution in [0.1, 0.15) is 34.7 Å². The first kappa shape index (κ1) is 29.0. The standard InChI is InChI=1S/C27H23N7O2.C2HF3O2/c1-33-14-21(23-24(28)30-15-31-25(23)33)17-9-10-22(29-12-17)32-26(35)20-11-18(16-7-8-16)13-34(27(20)36)19-5-3-2-4-6-19;3-2(4,5)1(6)7/h2-6,9-16H,7-8H2,1H3,(H2,28,30,31)(H,29,32,35);(H,6,7). The molecule has 14 heteroatoms. The van der Waals surface area contributed by atoms with Crippen LogP contribution in [-0.4, -0.2) is 47.2 Å². The highest BCUT2D eigenvalue weighted by molar-refractivity contribution is 6.04. The van der Waals surface area contributed by atoms with Crippen molar-refractivity contribution in [3.8, 4) is 16.8 Å². The molecule has 0 spiro atoms. The van der Waals surface area contributed by atoms with E-state index >= 15 is 0 Å². The Kier molecular flexibility index (Phi) is 7.68. The summed E-state index contributed by atoms with van der Waals surface area (Å²) in [6.45, 7) is 0. The van der Waals surface area contributed by atoms with Gasteiger partial charge in [0.15, 0.2) is 0 Å². The van der Waals surface area contributed by atoms with Gasteiger partial charge in [-0.15, -0.1) is 0 Å². The molecule has 11 nitrogen and oxygen atoms in total. The molecule has 1 saturated carbocycles. The number of fused-ring (bicyclic) bond motifs is 1. The smallest absolute Gasteiger partial charge is 0.475 e. The van der Waals surface area contributed by atoms with Crippen LogP contribution < -0.4 is 16.6 Å².